The minimum Gasteiger partial charge on any atom is -0.490 e. The molecule has 0 saturated heterocycles. The van der Waals surface area contributed by atoms with Crippen LogP contribution in [0, 0.1) is 16.0 Å². The Kier molecular flexibility index (Phi) is 5.31. The molecule has 0 fully saturated rings. The molecular formula is C13H18N2O5. The lowest BCUT2D eigenvalue weighted by Gasteiger charge is -2.21. The van der Waals surface area contributed by atoms with Crippen molar-refractivity contribution in [3.63, 3.8) is 0 Å². The number of carbonyl (C=O) groups is 1. The van der Waals surface area contributed by atoms with Gasteiger partial charge in [-0.3, -0.25) is 10.1 Å². The number of hydrogen-bond acceptors (Lipinski definition) is 6. The van der Waals surface area contributed by atoms with Crippen molar-refractivity contribution < 1.29 is 19.2 Å². The second-order valence-electron chi connectivity index (χ2n) is 4.50. The van der Waals surface area contributed by atoms with Crippen LogP contribution in [0.3, 0.4) is 0 Å². The highest BCUT2D eigenvalue weighted by atomic mass is 16.6. The standard InChI is InChI=1S/C13H18N2O5/c1-8(2)11(13(16)20-4)14-9-6-5-7-10(19-3)12(9)15(17)18/h5-8,11,14H,1-4H3. The van der Waals surface area contributed by atoms with Gasteiger partial charge in [-0.25, -0.2) is 4.79 Å². The Bertz CT molecular complexity index is 502. The van der Waals surface area contributed by atoms with Crippen LogP contribution in [-0.4, -0.2) is 31.2 Å². The van der Waals surface area contributed by atoms with Crippen molar-refractivity contribution in [3.8, 4) is 5.75 Å². The summed E-state index contributed by atoms with van der Waals surface area (Å²) in [5.41, 5.74) is 0.0167. The van der Waals surface area contributed by atoms with Gasteiger partial charge < -0.3 is 14.8 Å². The first kappa shape index (κ1) is 15.7. The van der Waals surface area contributed by atoms with E-state index >= 15 is 0 Å². The average Bonchev–Trinajstić information content (AvgIpc) is 2.42. The summed E-state index contributed by atoms with van der Waals surface area (Å²) in [6.07, 6.45) is 0. The van der Waals surface area contributed by atoms with Crippen LogP contribution >= 0.6 is 0 Å². The predicted molar refractivity (Wildman–Crippen MR) is 73.9 cm³/mol. The Balaban J connectivity index is 3.19. The van der Waals surface area contributed by atoms with Crippen LogP contribution in [0.1, 0.15) is 13.8 Å². The highest BCUT2D eigenvalue weighted by Crippen LogP contribution is 2.35. The molecule has 1 atom stereocenters. The third-order valence-corrected chi connectivity index (χ3v) is 2.83. The molecule has 1 aromatic carbocycles. The lowest BCUT2D eigenvalue weighted by atomic mass is 10.0. The van der Waals surface area contributed by atoms with Crippen molar-refractivity contribution in [3.05, 3.63) is 28.3 Å². The number of benzene rings is 1. The molecule has 1 rings (SSSR count). The Hall–Kier alpha value is -2.31. The largest absolute Gasteiger partial charge is 0.490 e. The Morgan fingerprint density at radius 1 is 1.35 bits per heavy atom. The third-order valence-electron chi connectivity index (χ3n) is 2.83. The van der Waals surface area contributed by atoms with Gasteiger partial charge in [0.25, 0.3) is 0 Å². The summed E-state index contributed by atoms with van der Waals surface area (Å²) >= 11 is 0. The zero-order valence-corrected chi connectivity index (χ0v) is 11.9. The molecule has 1 N–H and O–H groups in total. The monoisotopic (exact) mass is 282 g/mol. The van der Waals surface area contributed by atoms with E-state index in [1.165, 1.54) is 26.4 Å². The fourth-order valence-corrected chi connectivity index (χ4v) is 1.78. The van der Waals surface area contributed by atoms with Gasteiger partial charge in [-0.15, -0.1) is 0 Å². The second-order valence-corrected chi connectivity index (χ2v) is 4.50. The van der Waals surface area contributed by atoms with E-state index in [0.717, 1.165) is 0 Å². The van der Waals surface area contributed by atoms with E-state index < -0.39 is 16.9 Å². The van der Waals surface area contributed by atoms with Crippen molar-refractivity contribution in [1.82, 2.24) is 0 Å². The molecule has 0 aromatic heterocycles. The summed E-state index contributed by atoms with van der Waals surface area (Å²) in [5, 5.41) is 14.0. The van der Waals surface area contributed by atoms with Crippen LogP contribution in [0.4, 0.5) is 11.4 Å². The molecule has 0 aliphatic rings. The molecule has 7 heteroatoms. The molecule has 7 nitrogen and oxygen atoms in total. The molecule has 20 heavy (non-hydrogen) atoms. The topological polar surface area (TPSA) is 90.7 Å². The average molecular weight is 282 g/mol. The highest BCUT2D eigenvalue weighted by molar-refractivity contribution is 5.81. The molecule has 0 radical (unpaired) electrons. The fourth-order valence-electron chi connectivity index (χ4n) is 1.78. The van der Waals surface area contributed by atoms with Gasteiger partial charge in [-0.1, -0.05) is 19.9 Å². The van der Waals surface area contributed by atoms with Crippen molar-refractivity contribution in [1.29, 1.82) is 0 Å². The number of anilines is 1. The normalized spacial score (nSPS) is 11.8. The van der Waals surface area contributed by atoms with E-state index in [0.29, 0.717) is 0 Å². The van der Waals surface area contributed by atoms with Gasteiger partial charge in [-0.2, -0.15) is 0 Å². The number of ether oxygens (including phenoxy) is 2. The van der Waals surface area contributed by atoms with Gasteiger partial charge in [0.15, 0.2) is 5.75 Å². The fraction of sp³-hybridized carbons (Fsp3) is 0.462. The van der Waals surface area contributed by atoms with E-state index in [9.17, 15) is 14.9 Å². The van der Waals surface area contributed by atoms with Gasteiger partial charge in [0.2, 0.25) is 0 Å². The summed E-state index contributed by atoms with van der Waals surface area (Å²) in [5.74, 6) is -0.433. The van der Waals surface area contributed by atoms with Crippen LogP contribution in [-0.2, 0) is 9.53 Å². The second kappa shape index (κ2) is 6.74. The molecule has 0 aliphatic heterocycles. The lowest BCUT2D eigenvalue weighted by Crippen LogP contribution is -2.35. The maximum atomic E-state index is 11.7. The van der Waals surface area contributed by atoms with Crippen molar-refractivity contribution >= 4 is 17.3 Å². The Morgan fingerprint density at radius 2 is 2.00 bits per heavy atom. The number of para-hydroxylation sites is 1. The number of carbonyl (C=O) groups excluding carboxylic acids is 1. The van der Waals surface area contributed by atoms with Crippen LogP contribution < -0.4 is 10.1 Å². The number of nitro benzene ring substituents is 1. The van der Waals surface area contributed by atoms with Gasteiger partial charge >= 0.3 is 11.7 Å². The maximum Gasteiger partial charge on any atom is 0.333 e. The molecule has 0 saturated carbocycles. The van der Waals surface area contributed by atoms with Crippen LogP contribution in [0.5, 0.6) is 5.75 Å². The summed E-state index contributed by atoms with van der Waals surface area (Å²) in [7, 11) is 2.63. The third kappa shape index (κ3) is 3.37. The first-order chi connectivity index (χ1) is 9.42. The molecule has 110 valence electrons. The Morgan fingerprint density at radius 3 is 2.45 bits per heavy atom. The summed E-state index contributed by atoms with van der Waals surface area (Å²) in [4.78, 5) is 22.3. The predicted octanol–water partition coefficient (Wildman–Crippen LogP) is 2.21. The van der Waals surface area contributed by atoms with E-state index in [1.807, 2.05) is 13.8 Å². The first-order valence-corrected chi connectivity index (χ1v) is 6.08. The number of methoxy groups -OCH3 is 2. The number of hydrogen-bond donors (Lipinski definition) is 1. The summed E-state index contributed by atoms with van der Waals surface area (Å²) in [6, 6.07) is 3.96. The number of nitro groups is 1. The molecule has 0 amide bonds. The van der Waals surface area contributed by atoms with E-state index in [-0.39, 0.29) is 23.0 Å². The van der Waals surface area contributed by atoms with Gasteiger partial charge in [0.05, 0.1) is 19.1 Å². The lowest BCUT2D eigenvalue weighted by molar-refractivity contribution is -0.384. The molecule has 0 aliphatic carbocycles. The molecule has 1 unspecified atom stereocenters. The van der Waals surface area contributed by atoms with E-state index in [1.54, 1.807) is 6.07 Å². The van der Waals surface area contributed by atoms with Crippen molar-refractivity contribution in [2.45, 2.75) is 19.9 Å². The molecule has 0 heterocycles. The summed E-state index contributed by atoms with van der Waals surface area (Å²) in [6.45, 7) is 3.64. The molecule has 0 spiro atoms. The zero-order valence-electron chi connectivity index (χ0n) is 11.9. The van der Waals surface area contributed by atoms with Crippen molar-refractivity contribution in [2.24, 2.45) is 5.92 Å². The minimum atomic E-state index is -0.675. The minimum absolute atomic E-state index is 0.0896. The number of rotatable bonds is 6. The maximum absolute atomic E-state index is 11.7. The number of nitrogens with zero attached hydrogens (tertiary/aromatic N) is 1. The molecule has 0 bridgehead atoms. The smallest absolute Gasteiger partial charge is 0.333 e. The first-order valence-electron chi connectivity index (χ1n) is 6.08. The number of nitrogens with one attached hydrogen (secondary N) is 1. The molecule has 1 aromatic rings. The van der Waals surface area contributed by atoms with Gasteiger partial charge in [0, 0.05) is 0 Å². The van der Waals surface area contributed by atoms with Gasteiger partial charge in [0.1, 0.15) is 11.7 Å². The van der Waals surface area contributed by atoms with Crippen LogP contribution in [0.15, 0.2) is 18.2 Å². The van der Waals surface area contributed by atoms with Crippen LogP contribution in [0.25, 0.3) is 0 Å². The number of esters is 1. The van der Waals surface area contributed by atoms with Gasteiger partial charge in [-0.05, 0) is 18.1 Å². The Labute approximate surface area is 117 Å². The van der Waals surface area contributed by atoms with Crippen molar-refractivity contribution in [2.75, 3.05) is 19.5 Å². The van der Waals surface area contributed by atoms with E-state index in [4.69, 9.17) is 9.47 Å². The molecular weight excluding hydrogens is 264 g/mol. The quantitative estimate of drug-likeness (QED) is 0.488. The SMILES string of the molecule is COC(=O)C(Nc1cccc(OC)c1[N+](=O)[O-])C(C)C. The van der Waals surface area contributed by atoms with Crippen LogP contribution in [0.2, 0.25) is 0 Å². The zero-order chi connectivity index (χ0) is 15.3. The summed E-state index contributed by atoms with van der Waals surface area (Å²) < 4.78 is 9.68. The van der Waals surface area contributed by atoms with E-state index in [2.05, 4.69) is 5.32 Å². The highest BCUT2D eigenvalue weighted by Gasteiger charge is 2.28.